The molecular formula is C22H25ClINO2. The fourth-order valence-corrected chi connectivity index (χ4v) is 5.01. The van der Waals surface area contributed by atoms with Crippen LogP contribution in [0.3, 0.4) is 0 Å². The summed E-state index contributed by atoms with van der Waals surface area (Å²) in [5.74, 6) is 0.521. The van der Waals surface area contributed by atoms with E-state index in [0.29, 0.717) is 11.8 Å². The Morgan fingerprint density at radius 2 is 1.78 bits per heavy atom. The van der Waals surface area contributed by atoms with Gasteiger partial charge in [-0.25, -0.2) is 0 Å². The van der Waals surface area contributed by atoms with Gasteiger partial charge < -0.3 is 4.74 Å². The van der Waals surface area contributed by atoms with Crippen LogP contribution >= 0.6 is 34.2 Å². The number of benzene rings is 2. The lowest BCUT2D eigenvalue weighted by molar-refractivity contribution is -0.143. The van der Waals surface area contributed by atoms with E-state index >= 15 is 0 Å². The molecule has 0 spiro atoms. The Labute approximate surface area is 180 Å². The molecule has 0 amide bonds. The van der Waals surface area contributed by atoms with Crippen molar-refractivity contribution < 1.29 is 9.53 Å². The number of rotatable bonds is 3. The molecule has 2 bridgehead atoms. The number of nitrogens with zero attached hydrogens (tertiary/aromatic N) is 1. The molecule has 2 aliphatic rings. The summed E-state index contributed by atoms with van der Waals surface area (Å²) in [5, 5.41) is 0.725. The van der Waals surface area contributed by atoms with E-state index in [1.165, 1.54) is 5.56 Å². The normalized spacial score (nSPS) is 27.1. The minimum Gasteiger partial charge on any atom is -0.426 e. The van der Waals surface area contributed by atoms with E-state index in [4.69, 9.17) is 16.3 Å². The lowest BCUT2D eigenvalue weighted by Gasteiger charge is -2.41. The zero-order valence-corrected chi connectivity index (χ0v) is 17.5. The second-order valence-electron chi connectivity index (χ2n) is 7.26. The fraction of sp³-hybridized carbons (Fsp3) is 0.409. The van der Waals surface area contributed by atoms with E-state index in [1.807, 2.05) is 36.4 Å². The van der Waals surface area contributed by atoms with Crippen molar-refractivity contribution in [2.45, 2.75) is 44.7 Å². The van der Waals surface area contributed by atoms with Crippen molar-refractivity contribution in [3.05, 3.63) is 62.7 Å². The van der Waals surface area contributed by atoms with Gasteiger partial charge in [0, 0.05) is 26.6 Å². The minimum absolute atomic E-state index is 0. The van der Waals surface area contributed by atoms with Crippen molar-refractivity contribution in [1.82, 2.24) is 4.90 Å². The quantitative estimate of drug-likeness (QED) is 0.307. The SMILES string of the molecule is C.CN1C2CC[C@@H]1C[C@H](c1ccc(Cl)cc1)C2C(=O)Oc1ccc(I)cc1. The number of esters is 1. The molecule has 0 saturated carbocycles. The molecule has 2 aromatic carbocycles. The third kappa shape index (κ3) is 4.17. The van der Waals surface area contributed by atoms with Gasteiger partial charge in [0.2, 0.25) is 0 Å². The molecule has 0 aromatic heterocycles. The van der Waals surface area contributed by atoms with Crippen molar-refractivity contribution in [3.8, 4) is 5.75 Å². The maximum absolute atomic E-state index is 13.2. The van der Waals surface area contributed by atoms with Crippen molar-refractivity contribution in [3.63, 3.8) is 0 Å². The van der Waals surface area contributed by atoms with Crippen LogP contribution in [0.15, 0.2) is 48.5 Å². The molecule has 4 rings (SSSR count). The van der Waals surface area contributed by atoms with E-state index < -0.39 is 0 Å². The highest BCUT2D eigenvalue weighted by molar-refractivity contribution is 14.1. The number of piperidine rings is 1. The molecule has 144 valence electrons. The molecule has 0 radical (unpaired) electrons. The van der Waals surface area contributed by atoms with Crippen molar-refractivity contribution in [1.29, 1.82) is 0 Å². The van der Waals surface area contributed by atoms with Crippen molar-refractivity contribution >= 4 is 40.2 Å². The molecule has 2 aromatic rings. The van der Waals surface area contributed by atoms with Crippen molar-refractivity contribution in [2.75, 3.05) is 7.05 Å². The summed E-state index contributed by atoms with van der Waals surface area (Å²) in [6, 6.07) is 16.4. The van der Waals surface area contributed by atoms with Gasteiger partial charge in [-0.3, -0.25) is 9.69 Å². The summed E-state index contributed by atoms with van der Waals surface area (Å²) >= 11 is 8.31. The summed E-state index contributed by atoms with van der Waals surface area (Å²) < 4.78 is 6.91. The molecule has 3 nitrogen and oxygen atoms in total. The summed E-state index contributed by atoms with van der Waals surface area (Å²) in [6.07, 6.45) is 3.19. The molecule has 27 heavy (non-hydrogen) atoms. The van der Waals surface area contributed by atoms with Crippen LogP contribution in [0.5, 0.6) is 5.75 Å². The minimum atomic E-state index is -0.154. The molecule has 0 aliphatic carbocycles. The van der Waals surface area contributed by atoms with Gasteiger partial charge >= 0.3 is 5.97 Å². The maximum atomic E-state index is 13.2. The molecule has 2 unspecified atom stereocenters. The highest BCUT2D eigenvalue weighted by Crippen LogP contribution is 2.46. The first kappa shape index (κ1) is 20.6. The number of halogens is 2. The summed E-state index contributed by atoms with van der Waals surface area (Å²) in [6.45, 7) is 0. The molecule has 5 heteroatoms. The zero-order valence-electron chi connectivity index (χ0n) is 14.6. The summed E-state index contributed by atoms with van der Waals surface area (Å²) in [7, 11) is 2.14. The van der Waals surface area contributed by atoms with Crippen LogP contribution in [0.1, 0.15) is 38.2 Å². The largest absolute Gasteiger partial charge is 0.426 e. The highest BCUT2D eigenvalue weighted by Gasteiger charge is 2.49. The number of fused-ring (bicyclic) bond motifs is 2. The lowest BCUT2D eigenvalue weighted by atomic mass is 9.76. The fourth-order valence-electron chi connectivity index (χ4n) is 4.53. The third-order valence-corrected chi connectivity index (χ3v) is 6.84. The van der Waals surface area contributed by atoms with Gasteiger partial charge in [0.15, 0.2) is 0 Å². The summed E-state index contributed by atoms with van der Waals surface area (Å²) in [5.41, 5.74) is 1.18. The van der Waals surface area contributed by atoms with Crippen LogP contribution in [-0.4, -0.2) is 30.0 Å². The van der Waals surface area contributed by atoms with Gasteiger partial charge in [0.25, 0.3) is 0 Å². The van der Waals surface area contributed by atoms with Crippen LogP contribution < -0.4 is 4.74 Å². The Hall–Kier alpha value is -1.11. The lowest BCUT2D eigenvalue weighted by Crippen LogP contribution is -2.49. The van der Waals surface area contributed by atoms with Crippen LogP contribution in [0, 0.1) is 9.49 Å². The Bertz CT molecular complexity index is 793. The topological polar surface area (TPSA) is 29.5 Å². The maximum Gasteiger partial charge on any atom is 0.316 e. The Morgan fingerprint density at radius 1 is 1.11 bits per heavy atom. The molecule has 4 atom stereocenters. The third-order valence-electron chi connectivity index (χ3n) is 5.87. The second kappa shape index (κ2) is 8.50. The molecule has 2 fully saturated rings. The Balaban J connectivity index is 0.00000210. The van der Waals surface area contributed by atoms with Gasteiger partial charge in [-0.15, -0.1) is 0 Å². The second-order valence-corrected chi connectivity index (χ2v) is 8.94. The van der Waals surface area contributed by atoms with Gasteiger partial charge in [-0.2, -0.15) is 0 Å². The number of ether oxygens (including phenoxy) is 1. The monoisotopic (exact) mass is 497 g/mol. The number of hydrogen-bond donors (Lipinski definition) is 0. The van der Waals surface area contributed by atoms with Gasteiger partial charge in [-0.1, -0.05) is 31.2 Å². The molecule has 0 N–H and O–H groups in total. The van der Waals surface area contributed by atoms with E-state index in [-0.39, 0.29) is 31.3 Å². The average molecular weight is 498 g/mol. The van der Waals surface area contributed by atoms with Gasteiger partial charge in [0.05, 0.1) is 5.92 Å². The Kier molecular flexibility index (Phi) is 6.49. The van der Waals surface area contributed by atoms with E-state index in [9.17, 15) is 4.79 Å². The van der Waals surface area contributed by atoms with E-state index in [0.717, 1.165) is 27.9 Å². The van der Waals surface area contributed by atoms with Gasteiger partial charge in [0.1, 0.15) is 5.75 Å². The predicted molar refractivity (Wildman–Crippen MR) is 118 cm³/mol. The van der Waals surface area contributed by atoms with Crippen LogP contribution in [-0.2, 0) is 4.79 Å². The standard InChI is InChI=1S/C21H21ClINO2.CH4/c1-24-16-8-11-19(24)20(18(12-16)13-2-4-14(22)5-3-13)21(25)26-17-9-6-15(23)7-10-17;/h2-7,9-10,16,18-20H,8,11-12H2,1H3;1H4/t16-,18-,19?,20?;/m1./s1. The molecule has 2 heterocycles. The number of carbonyl (C=O) groups excluding carboxylic acids is 1. The zero-order chi connectivity index (χ0) is 18.3. The highest BCUT2D eigenvalue weighted by atomic mass is 127. The van der Waals surface area contributed by atoms with Crippen LogP contribution in [0.25, 0.3) is 0 Å². The number of carbonyl (C=O) groups is 1. The van der Waals surface area contributed by atoms with Crippen molar-refractivity contribution in [2.24, 2.45) is 5.92 Å². The average Bonchev–Trinajstić information content (AvgIpc) is 2.87. The molecule has 2 saturated heterocycles. The first-order valence-electron chi connectivity index (χ1n) is 8.97. The predicted octanol–water partition coefficient (Wildman–Crippen LogP) is 5.75. The summed E-state index contributed by atoms with van der Waals surface area (Å²) in [4.78, 5) is 15.5. The first-order chi connectivity index (χ1) is 12.5. The van der Waals surface area contributed by atoms with Crippen LogP contribution in [0.4, 0.5) is 0 Å². The van der Waals surface area contributed by atoms with E-state index in [2.05, 4.69) is 46.7 Å². The first-order valence-corrected chi connectivity index (χ1v) is 10.4. The smallest absolute Gasteiger partial charge is 0.316 e. The molecular weight excluding hydrogens is 473 g/mol. The Morgan fingerprint density at radius 3 is 2.44 bits per heavy atom. The van der Waals surface area contributed by atoms with E-state index in [1.54, 1.807) is 0 Å². The van der Waals surface area contributed by atoms with Gasteiger partial charge in [-0.05, 0) is 90.9 Å². The number of hydrogen-bond acceptors (Lipinski definition) is 3. The molecule has 2 aliphatic heterocycles. The van der Waals surface area contributed by atoms with Crippen LogP contribution in [0.2, 0.25) is 5.02 Å².